The minimum Gasteiger partial charge on any atom is -0.354 e. The summed E-state index contributed by atoms with van der Waals surface area (Å²) in [6, 6.07) is 7.83. The van der Waals surface area contributed by atoms with E-state index in [1.807, 2.05) is 24.3 Å². The van der Waals surface area contributed by atoms with Crippen LogP contribution in [0, 0.1) is 0 Å². The Labute approximate surface area is 130 Å². The van der Waals surface area contributed by atoms with E-state index in [1.54, 1.807) is 0 Å². The van der Waals surface area contributed by atoms with Gasteiger partial charge < -0.3 is 10.2 Å². The fourth-order valence-corrected chi connectivity index (χ4v) is 3.18. The van der Waals surface area contributed by atoms with Gasteiger partial charge in [-0.05, 0) is 17.5 Å². The first-order chi connectivity index (χ1) is 9.65. The van der Waals surface area contributed by atoms with Crippen molar-refractivity contribution in [3.05, 3.63) is 33.9 Å². The van der Waals surface area contributed by atoms with Gasteiger partial charge in [0.15, 0.2) is 0 Å². The molecule has 0 spiro atoms. The molecule has 2 aromatic rings. The maximum Gasteiger partial charge on any atom is 0.221 e. The van der Waals surface area contributed by atoms with E-state index in [9.17, 15) is 4.79 Å². The van der Waals surface area contributed by atoms with E-state index in [2.05, 4.69) is 31.1 Å². The van der Waals surface area contributed by atoms with Gasteiger partial charge in [0.2, 0.25) is 5.91 Å². The van der Waals surface area contributed by atoms with Crippen molar-refractivity contribution in [3.8, 4) is 0 Å². The molecule has 1 N–H and O–H groups in total. The topological polar surface area (TPSA) is 45.2 Å². The summed E-state index contributed by atoms with van der Waals surface area (Å²) in [6.45, 7) is 2.00. The Morgan fingerprint density at radius 3 is 3.05 bits per heavy atom. The lowest BCUT2D eigenvalue weighted by atomic mass is 10.1. The van der Waals surface area contributed by atoms with E-state index in [1.165, 1.54) is 0 Å². The van der Waals surface area contributed by atoms with Gasteiger partial charge in [-0.1, -0.05) is 39.7 Å². The second-order valence-electron chi connectivity index (χ2n) is 4.69. The first-order valence-corrected chi connectivity index (χ1v) is 7.58. The van der Waals surface area contributed by atoms with Crippen molar-refractivity contribution < 1.29 is 4.79 Å². The Hall–Kier alpha value is -1.33. The molecular weight excluding hydrogens is 342 g/mol. The molecule has 1 amide bonds. The van der Waals surface area contributed by atoms with Gasteiger partial charge in [0.05, 0.1) is 0 Å². The molecule has 1 fully saturated rings. The van der Waals surface area contributed by atoms with E-state index < -0.39 is 0 Å². The summed E-state index contributed by atoms with van der Waals surface area (Å²) in [5.41, 5.74) is 0. The third-order valence-corrected chi connectivity index (χ3v) is 4.22. The van der Waals surface area contributed by atoms with Gasteiger partial charge in [0, 0.05) is 35.9 Å². The van der Waals surface area contributed by atoms with Crippen molar-refractivity contribution in [2.75, 3.05) is 24.5 Å². The van der Waals surface area contributed by atoms with Gasteiger partial charge in [-0.25, -0.2) is 4.98 Å². The van der Waals surface area contributed by atoms with E-state index in [-0.39, 0.29) is 5.91 Å². The molecule has 0 atom stereocenters. The highest BCUT2D eigenvalue weighted by atomic mass is 79.9. The van der Waals surface area contributed by atoms with Crippen LogP contribution in [0.2, 0.25) is 5.15 Å². The van der Waals surface area contributed by atoms with Crippen LogP contribution in [0.15, 0.2) is 28.7 Å². The van der Waals surface area contributed by atoms with Crippen LogP contribution in [0.1, 0.15) is 6.42 Å². The zero-order chi connectivity index (χ0) is 14.1. The van der Waals surface area contributed by atoms with Crippen molar-refractivity contribution in [2.45, 2.75) is 6.42 Å². The average Bonchev–Trinajstić information content (AvgIpc) is 2.62. The van der Waals surface area contributed by atoms with Crippen molar-refractivity contribution in [1.82, 2.24) is 10.3 Å². The Bertz CT molecular complexity index is 677. The van der Waals surface area contributed by atoms with Crippen LogP contribution in [0.4, 0.5) is 5.82 Å². The number of nitrogens with one attached hydrogen (secondary N) is 1. The number of anilines is 1. The average molecular weight is 355 g/mol. The van der Waals surface area contributed by atoms with Crippen LogP contribution in [-0.4, -0.2) is 30.5 Å². The zero-order valence-corrected chi connectivity index (χ0v) is 13.0. The number of amides is 1. The number of halogens is 2. The van der Waals surface area contributed by atoms with Gasteiger partial charge in [-0.3, -0.25) is 4.79 Å². The molecule has 0 bridgehead atoms. The van der Waals surface area contributed by atoms with Crippen LogP contribution in [0.3, 0.4) is 0 Å². The maximum atomic E-state index is 11.5. The molecular formula is C14H13BrClN3O. The lowest BCUT2D eigenvalue weighted by Gasteiger charge is -2.23. The molecule has 1 aliphatic heterocycles. The highest BCUT2D eigenvalue weighted by molar-refractivity contribution is 9.10. The second-order valence-corrected chi connectivity index (χ2v) is 5.94. The summed E-state index contributed by atoms with van der Waals surface area (Å²) >= 11 is 9.71. The SMILES string of the molecule is O=C1CCN(c2nc(Cl)cc3cccc(Br)c23)CCN1. The summed E-state index contributed by atoms with van der Waals surface area (Å²) in [6.07, 6.45) is 0.472. The molecule has 1 aromatic heterocycles. The van der Waals surface area contributed by atoms with E-state index in [0.29, 0.717) is 24.7 Å². The lowest BCUT2D eigenvalue weighted by molar-refractivity contribution is -0.120. The van der Waals surface area contributed by atoms with Gasteiger partial charge in [-0.15, -0.1) is 0 Å². The zero-order valence-electron chi connectivity index (χ0n) is 10.7. The molecule has 0 aliphatic carbocycles. The molecule has 104 valence electrons. The lowest BCUT2D eigenvalue weighted by Crippen LogP contribution is -2.29. The van der Waals surface area contributed by atoms with E-state index in [4.69, 9.17) is 11.6 Å². The van der Waals surface area contributed by atoms with Gasteiger partial charge >= 0.3 is 0 Å². The quantitative estimate of drug-likeness (QED) is 0.801. The monoisotopic (exact) mass is 353 g/mol. The van der Waals surface area contributed by atoms with Crippen LogP contribution >= 0.6 is 27.5 Å². The predicted octanol–water partition coefficient (Wildman–Crippen LogP) is 2.98. The van der Waals surface area contributed by atoms with Crippen molar-refractivity contribution in [3.63, 3.8) is 0 Å². The molecule has 1 aliphatic rings. The third kappa shape index (κ3) is 2.60. The van der Waals surface area contributed by atoms with Crippen LogP contribution in [0.5, 0.6) is 0 Å². The van der Waals surface area contributed by atoms with Gasteiger partial charge in [-0.2, -0.15) is 0 Å². The summed E-state index contributed by atoms with van der Waals surface area (Å²) < 4.78 is 0.984. The third-order valence-electron chi connectivity index (χ3n) is 3.37. The molecule has 0 unspecified atom stereocenters. The van der Waals surface area contributed by atoms with Crippen LogP contribution in [0.25, 0.3) is 10.8 Å². The number of nitrogens with zero attached hydrogens (tertiary/aromatic N) is 2. The molecule has 2 heterocycles. The van der Waals surface area contributed by atoms with E-state index >= 15 is 0 Å². The number of rotatable bonds is 1. The summed E-state index contributed by atoms with van der Waals surface area (Å²) in [5, 5.41) is 5.41. The molecule has 6 heteroatoms. The number of hydrogen-bond donors (Lipinski definition) is 1. The molecule has 3 rings (SSSR count). The van der Waals surface area contributed by atoms with E-state index in [0.717, 1.165) is 27.6 Å². The summed E-state index contributed by atoms with van der Waals surface area (Å²) in [7, 11) is 0. The summed E-state index contributed by atoms with van der Waals surface area (Å²) in [5.74, 6) is 0.911. The molecule has 4 nitrogen and oxygen atoms in total. The Morgan fingerprint density at radius 2 is 2.20 bits per heavy atom. The Morgan fingerprint density at radius 1 is 1.35 bits per heavy atom. The normalized spacial score (nSPS) is 16.1. The minimum atomic E-state index is 0.0814. The first kappa shape index (κ1) is 13.6. The minimum absolute atomic E-state index is 0.0814. The Balaban J connectivity index is 2.12. The predicted molar refractivity (Wildman–Crippen MR) is 84.3 cm³/mol. The molecule has 1 saturated heterocycles. The van der Waals surface area contributed by atoms with Crippen molar-refractivity contribution >= 4 is 50.0 Å². The molecule has 0 saturated carbocycles. The Kier molecular flexibility index (Phi) is 3.81. The number of fused-ring (bicyclic) bond motifs is 1. The number of pyridine rings is 1. The smallest absolute Gasteiger partial charge is 0.221 e. The standard InChI is InChI=1S/C14H13BrClN3O/c15-10-3-1-2-9-8-11(16)18-14(13(9)10)19-6-4-12(20)17-5-7-19/h1-3,8H,4-7H2,(H,17,20). The fourth-order valence-electron chi connectivity index (χ4n) is 2.42. The molecule has 1 aromatic carbocycles. The molecule has 20 heavy (non-hydrogen) atoms. The maximum absolute atomic E-state index is 11.5. The fraction of sp³-hybridized carbons (Fsp3) is 0.286. The number of benzene rings is 1. The molecule has 0 radical (unpaired) electrons. The van der Waals surface area contributed by atoms with Gasteiger partial charge in [0.1, 0.15) is 11.0 Å². The highest BCUT2D eigenvalue weighted by Crippen LogP contribution is 2.33. The number of hydrogen-bond acceptors (Lipinski definition) is 3. The van der Waals surface area contributed by atoms with Crippen molar-refractivity contribution in [2.24, 2.45) is 0 Å². The van der Waals surface area contributed by atoms with Crippen LogP contribution in [-0.2, 0) is 4.79 Å². The van der Waals surface area contributed by atoms with Gasteiger partial charge in [0.25, 0.3) is 0 Å². The second kappa shape index (κ2) is 5.58. The number of carbonyl (C=O) groups excluding carboxylic acids is 1. The van der Waals surface area contributed by atoms with Crippen molar-refractivity contribution in [1.29, 1.82) is 0 Å². The number of aromatic nitrogens is 1. The van der Waals surface area contributed by atoms with Crippen LogP contribution < -0.4 is 10.2 Å². The highest BCUT2D eigenvalue weighted by Gasteiger charge is 2.18. The first-order valence-electron chi connectivity index (χ1n) is 6.41. The largest absolute Gasteiger partial charge is 0.354 e. The number of carbonyl (C=O) groups is 1. The summed E-state index contributed by atoms with van der Waals surface area (Å²) in [4.78, 5) is 18.0.